The summed E-state index contributed by atoms with van der Waals surface area (Å²) < 4.78 is 16.8. The monoisotopic (exact) mass is 923 g/mol. The summed E-state index contributed by atoms with van der Waals surface area (Å²) in [5.74, 6) is -0.892. The fourth-order valence-corrected chi connectivity index (χ4v) is 8.02. The number of ether oxygens (including phenoxy) is 3. The average molecular weight is 924 g/mol. The van der Waals surface area contributed by atoms with Gasteiger partial charge in [0.05, 0.1) is 0 Å². The molecule has 0 aromatic heterocycles. The molecule has 0 rings (SSSR count). The molecule has 0 saturated heterocycles. The molecule has 0 spiro atoms. The molecule has 66 heavy (non-hydrogen) atoms. The van der Waals surface area contributed by atoms with Crippen molar-refractivity contribution >= 4 is 17.9 Å². The van der Waals surface area contributed by atoms with Gasteiger partial charge in [0, 0.05) is 19.3 Å². The second-order valence-electron chi connectivity index (χ2n) is 18.8. The first-order chi connectivity index (χ1) is 32.5. The molecule has 0 aliphatic rings. The van der Waals surface area contributed by atoms with Crippen molar-refractivity contribution < 1.29 is 28.6 Å². The molecule has 0 aliphatic heterocycles. The second-order valence-corrected chi connectivity index (χ2v) is 18.8. The third kappa shape index (κ3) is 52.1. The fraction of sp³-hybridized carbons (Fsp3) is 0.783. The van der Waals surface area contributed by atoms with Gasteiger partial charge in [-0.3, -0.25) is 14.4 Å². The van der Waals surface area contributed by atoms with Crippen LogP contribution in [0.4, 0.5) is 0 Å². The van der Waals surface area contributed by atoms with Crippen molar-refractivity contribution in [2.75, 3.05) is 13.2 Å². The molecule has 6 nitrogen and oxygen atoms in total. The Morgan fingerprint density at radius 2 is 0.591 bits per heavy atom. The van der Waals surface area contributed by atoms with Crippen LogP contribution in [0.1, 0.15) is 284 Å². The van der Waals surface area contributed by atoms with Crippen LogP contribution < -0.4 is 0 Å². The molecule has 0 amide bonds. The molecular formula is C60H106O6. The predicted octanol–water partition coefficient (Wildman–Crippen LogP) is 18.8. The number of esters is 3. The minimum atomic E-state index is -0.783. The number of rotatable bonds is 51. The first kappa shape index (κ1) is 63.1. The number of hydrogen-bond acceptors (Lipinski definition) is 6. The molecule has 1 unspecified atom stereocenters. The van der Waals surface area contributed by atoms with E-state index in [9.17, 15) is 14.4 Å². The lowest BCUT2D eigenvalue weighted by molar-refractivity contribution is -0.167. The topological polar surface area (TPSA) is 78.9 Å². The quantitative estimate of drug-likeness (QED) is 0.0262. The van der Waals surface area contributed by atoms with Gasteiger partial charge in [-0.1, -0.05) is 242 Å². The molecule has 0 aromatic carbocycles. The maximum atomic E-state index is 12.8. The molecule has 0 aliphatic carbocycles. The van der Waals surface area contributed by atoms with Crippen LogP contribution in [0, 0.1) is 0 Å². The smallest absolute Gasteiger partial charge is 0.306 e. The largest absolute Gasteiger partial charge is 0.462 e. The molecule has 0 aromatic rings. The summed E-state index contributed by atoms with van der Waals surface area (Å²) in [6.45, 7) is 6.52. The first-order valence-electron chi connectivity index (χ1n) is 28.3. The van der Waals surface area contributed by atoms with Crippen LogP contribution in [0.5, 0.6) is 0 Å². The van der Waals surface area contributed by atoms with E-state index in [1.165, 1.54) is 141 Å². The van der Waals surface area contributed by atoms with Crippen LogP contribution >= 0.6 is 0 Å². The molecule has 0 fully saturated rings. The predicted molar refractivity (Wildman–Crippen MR) is 284 cm³/mol. The van der Waals surface area contributed by atoms with Crippen molar-refractivity contribution in [2.45, 2.75) is 290 Å². The number of allylic oxidation sites excluding steroid dienone is 10. The van der Waals surface area contributed by atoms with E-state index in [1.54, 1.807) is 0 Å². The highest BCUT2D eigenvalue weighted by Gasteiger charge is 2.19. The third-order valence-electron chi connectivity index (χ3n) is 12.3. The Kier molecular flexibility index (Phi) is 52.3. The zero-order valence-corrected chi connectivity index (χ0v) is 43.7. The van der Waals surface area contributed by atoms with E-state index < -0.39 is 6.10 Å². The van der Waals surface area contributed by atoms with E-state index >= 15 is 0 Å². The first-order valence-corrected chi connectivity index (χ1v) is 28.3. The van der Waals surface area contributed by atoms with Gasteiger partial charge < -0.3 is 14.2 Å². The zero-order valence-electron chi connectivity index (χ0n) is 43.7. The van der Waals surface area contributed by atoms with Crippen LogP contribution in [0.15, 0.2) is 60.8 Å². The lowest BCUT2D eigenvalue weighted by Gasteiger charge is -2.18. The van der Waals surface area contributed by atoms with Gasteiger partial charge in [-0.15, -0.1) is 0 Å². The number of hydrogen-bond donors (Lipinski definition) is 0. The molecule has 0 bridgehead atoms. The van der Waals surface area contributed by atoms with Gasteiger partial charge in [-0.05, 0) is 83.5 Å². The summed E-state index contributed by atoms with van der Waals surface area (Å²) in [7, 11) is 0. The van der Waals surface area contributed by atoms with E-state index in [-0.39, 0.29) is 31.1 Å². The lowest BCUT2D eigenvalue weighted by Crippen LogP contribution is -2.30. The van der Waals surface area contributed by atoms with E-state index in [0.717, 1.165) is 103 Å². The van der Waals surface area contributed by atoms with Gasteiger partial charge >= 0.3 is 17.9 Å². The van der Waals surface area contributed by atoms with Crippen LogP contribution in [-0.2, 0) is 28.6 Å². The minimum absolute atomic E-state index is 0.0804. The van der Waals surface area contributed by atoms with Crippen molar-refractivity contribution in [3.63, 3.8) is 0 Å². The van der Waals surface area contributed by atoms with E-state index in [2.05, 4.69) is 81.5 Å². The van der Waals surface area contributed by atoms with Gasteiger partial charge in [-0.25, -0.2) is 0 Å². The Bertz CT molecular complexity index is 1200. The molecule has 0 N–H and O–H groups in total. The van der Waals surface area contributed by atoms with Crippen molar-refractivity contribution in [1.82, 2.24) is 0 Å². The number of carbonyl (C=O) groups excluding carboxylic acids is 3. The summed E-state index contributed by atoms with van der Waals surface area (Å²) >= 11 is 0. The van der Waals surface area contributed by atoms with Crippen LogP contribution in [0.2, 0.25) is 0 Å². The zero-order chi connectivity index (χ0) is 47.9. The molecule has 0 heterocycles. The summed E-state index contributed by atoms with van der Waals surface area (Å²) in [6, 6.07) is 0. The highest BCUT2D eigenvalue weighted by atomic mass is 16.6. The molecule has 382 valence electrons. The van der Waals surface area contributed by atoms with Crippen LogP contribution in [0.25, 0.3) is 0 Å². The number of unbranched alkanes of at least 4 members (excludes halogenated alkanes) is 30. The Balaban J connectivity index is 4.34. The van der Waals surface area contributed by atoms with E-state index in [0.29, 0.717) is 19.3 Å². The van der Waals surface area contributed by atoms with Gasteiger partial charge in [0.1, 0.15) is 13.2 Å². The van der Waals surface area contributed by atoms with Crippen molar-refractivity contribution in [1.29, 1.82) is 0 Å². The highest BCUT2D eigenvalue weighted by molar-refractivity contribution is 5.71. The fourth-order valence-electron chi connectivity index (χ4n) is 8.02. The maximum absolute atomic E-state index is 12.8. The Morgan fingerprint density at radius 1 is 0.318 bits per heavy atom. The van der Waals surface area contributed by atoms with Crippen LogP contribution in [-0.4, -0.2) is 37.2 Å². The Hall–Kier alpha value is -2.89. The standard InChI is InChI=1S/C60H106O6/c1-4-7-10-13-16-19-22-25-27-28-29-30-31-32-34-35-38-41-44-47-50-53-59(62)65-56-57(55-64-58(61)52-49-46-43-40-37-24-21-18-15-12-9-6-3)66-60(63)54-51-48-45-42-39-36-33-26-23-20-17-14-11-8-5-2/h8,11,17,20,22,25-26,28-29,33,57H,4-7,9-10,12-16,18-19,21,23-24,27,30-32,34-56H2,1-3H3/b11-8-,20-17-,25-22-,29-28-,33-26-. The summed E-state index contributed by atoms with van der Waals surface area (Å²) in [5.41, 5.74) is 0. The summed E-state index contributed by atoms with van der Waals surface area (Å²) in [5, 5.41) is 0. The number of carbonyl (C=O) groups is 3. The summed E-state index contributed by atoms with van der Waals surface area (Å²) in [4.78, 5) is 38.1. The molecule has 0 radical (unpaired) electrons. The molecule has 1 atom stereocenters. The van der Waals surface area contributed by atoms with E-state index in [1.807, 2.05) is 0 Å². The van der Waals surface area contributed by atoms with E-state index in [4.69, 9.17) is 14.2 Å². The van der Waals surface area contributed by atoms with Crippen molar-refractivity contribution in [2.24, 2.45) is 0 Å². The maximum Gasteiger partial charge on any atom is 0.306 e. The second kappa shape index (κ2) is 54.7. The Labute approximate surface area is 409 Å². The van der Waals surface area contributed by atoms with Gasteiger partial charge in [0.25, 0.3) is 0 Å². The normalized spacial score (nSPS) is 12.5. The SMILES string of the molecule is CC/C=C\C/C=C\C/C=C\CCCCCCCC(=O)OC(COC(=O)CCCCCCCCCCC/C=C\C/C=C\CCCCCCC)COC(=O)CCCCCCCCCCCCCC. The van der Waals surface area contributed by atoms with Gasteiger partial charge in [0.2, 0.25) is 0 Å². The van der Waals surface area contributed by atoms with Gasteiger partial charge in [0.15, 0.2) is 6.10 Å². The van der Waals surface area contributed by atoms with Crippen LogP contribution in [0.3, 0.4) is 0 Å². The lowest BCUT2D eigenvalue weighted by atomic mass is 10.0. The van der Waals surface area contributed by atoms with Gasteiger partial charge in [-0.2, -0.15) is 0 Å². The molecule has 0 saturated carbocycles. The molecule has 6 heteroatoms. The average Bonchev–Trinajstić information content (AvgIpc) is 3.31. The molecular weight excluding hydrogens is 817 g/mol. The highest BCUT2D eigenvalue weighted by Crippen LogP contribution is 2.15. The van der Waals surface area contributed by atoms with Crippen molar-refractivity contribution in [3.8, 4) is 0 Å². The minimum Gasteiger partial charge on any atom is -0.462 e. The third-order valence-corrected chi connectivity index (χ3v) is 12.3. The Morgan fingerprint density at radius 3 is 0.924 bits per heavy atom. The van der Waals surface area contributed by atoms with Crippen molar-refractivity contribution in [3.05, 3.63) is 60.8 Å². The summed E-state index contributed by atoms with van der Waals surface area (Å²) in [6.07, 6.45) is 67.8.